The molecule has 0 unspecified atom stereocenters. The number of fused-ring (bicyclic) bond motifs is 2. The number of aryl methyl sites for hydroxylation is 2. The van der Waals surface area contributed by atoms with E-state index in [0.29, 0.717) is 18.4 Å². The van der Waals surface area contributed by atoms with Crippen LogP contribution in [0.4, 0.5) is 4.39 Å². The van der Waals surface area contributed by atoms with Gasteiger partial charge >= 0.3 is 0 Å². The molecule has 0 atom stereocenters. The molecule has 132 valence electrons. The third-order valence-electron chi connectivity index (χ3n) is 4.23. The Morgan fingerprint density at radius 2 is 1.56 bits per heavy atom. The van der Waals surface area contributed by atoms with Gasteiger partial charge in [0.05, 0.1) is 5.69 Å². The maximum atomic E-state index is 12.7. The smallest absolute Gasteiger partial charge is 0.164 e. The highest BCUT2D eigenvalue weighted by Gasteiger charge is 2.17. The molecule has 25 heavy (non-hydrogen) atoms. The van der Waals surface area contributed by atoms with Gasteiger partial charge in [0.2, 0.25) is 0 Å². The third kappa shape index (κ3) is 4.81. The van der Waals surface area contributed by atoms with Crippen LogP contribution in [0.15, 0.2) is 36.5 Å². The molecule has 2 aliphatic carbocycles. The number of ketones is 2. The Kier molecular flexibility index (Phi) is 6.99. The van der Waals surface area contributed by atoms with E-state index in [2.05, 4.69) is 4.98 Å². The molecule has 0 radical (unpaired) electrons. The summed E-state index contributed by atoms with van der Waals surface area (Å²) in [6.07, 6.45) is 6.66. The lowest BCUT2D eigenvalue weighted by molar-refractivity contribution is 0.0964. The SMILES string of the molecule is CC.O=C1CCCc2cc(F)ccc21.O=C1CCCc2ncccc21. The number of carbonyl (C=O) groups is 2. The number of carbonyl (C=O) groups excluding carboxylic acids is 2. The lowest BCUT2D eigenvalue weighted by atomic mass is 9.91. The van der Waals surface area contributed by atoms with Gasteiger partial charge in [0.15, 0.2) is 11.6 Å². The van der Waals surface area contributed by atoms with E-state index in [1.165, 1.54) is 12.1 Å². The molecule has 0 bridgehead atoms. The fraction of sp³-hybridized carbons (Fsp3) is 0.381. The van der Waals surface area contributed by atoms with E-state index in [9.17, 15) is 14.0 Å². The van der Waals surface area contributed by atoms with E-state index in [0.717, 1.165) is 42.5 Å². The summed E-state index contributed by atoms with van der Waals surface area (Å²) in [7, 11) is 0. The first-order chi connectivity index (χ1) is 12.1. The van der Waals surface area contributed by atoms with Crippen molar-refractivity contribution >= 4 is 11.6 Å². The lowest BCUT2D eigenvalue weighted by Crippen LogP contribution is -2.11. The zero-order chi connectivity index (χ0) is 18.2. The Morgan fingerprint density at radius 3 is 2.28 bits per heavy atom. The predicted octanol–water partition coefficient (Wildman–Crippen LogP) is 4.97. The minimum Gasteiger partial charge on any atom is -0.294 e. The number of hydrogen-bond acceptors (Lipinski definition) is 3. The molecule has 4 heteroatoms. The molecule has 2 aromatic rings. The Morgan fingerprint density at radius 1 is 0.880 bits per heavy atom. The minimum atomic E-state index is -0.247. The van der Waals surface area contributed by atoms with Gasteiger partial charge in [-0.25, -0.2) is 4.39 Å². The van der Waals surface area contributed by atoms with Gasteiger partial charge in [0.25, 0.3) is 0 Å². The fourth-order valence-corrected chi connectivity index (χ4v) is 3.06. The Hall–Kier alpha value is -2.36. The molecule has 0 N–H and O–H groups in total. The van der Waals surface area contributed by atoms with Crippen LogP contribution in [0.1, 0.15) is 71.5 Å². The van der Waals surface area contributed by atoms with Crippen molar-refractivity contribution in [2.75, 3.05) is 0 Å². The predicted molar refractivity (Wildman–Crippen MR) is 96.5 cm³/mol. The third-order valence-corrected chi connectivity index (χ3v) is 4.23. The number of benzene rings is 1. The first kappa shape index (κ1) is 19.0. The van der Waals surface area contributed by atoms with Crippen LogP contribution < -0.4 is 0 Å². The molecule has 4 rings (SSSR count). The summed E-state index contributed by atoms with van der Waals surface area (Å²) in [6, 6.07) is 8.09. The van der Waals surface area contributed by atoms with Crippen molar-refractivity contribution in [1.82, 2.24) is 4.98 Å². The molecule has 0 saturated heterocycles. The second-order valence-electron chi connectivity index (χ2n) is 5.85. The van der Waals surface area contributed by atoms with Gasteiger partial charge in [-0.15, -0.1) is 0 Å². The highest BCUT2D eigenvalue weighted by atomic mass is 19.1. The average Bonchev–Trinajstić information content (AvgIpc) is 2.64. The van der Waals surface area contributed by atoms with E-state index in [4.69, 9.17) is 0 Å². The zero-order valence-corrected chi connectivity index (χ0v) is 14.8. The quantitative estimate of drug-likeness (QED) is 0.679. The van der Waals surface area contributed by atoms with Gasteiger partial charge < -0.3 is 0 Å². The summed E-state index contributed by atoms with van der Waals surface area (Å²) in [5.74, 6) is 0.152. The average molecular weight is 341 g/mol. The Labute approximate surface area is 148 Å². The number of rotatable bonds is 0. The van der Waals surface area contributed by atoms with Crippen molar-refractivity contribution in [1.29, 1.82) is 0 Å². The molecule has 0 spiro atoms. The zero-order valence-electron chi connectivity index (χ0n) is 14.8. The van der Waals surface area contributed by atoms with Crippen LogP contribution >= 0.6 is 0 Å². The molecule has 0 aliphatic heterocycles. The normalized spacial score (nSPS) is 15.0. The van der Waals surface area contributed by atoms with Gasteiger partial charge in [-0.2, -0.15) is 0 Å². The number of nitrogens with zero attached hydrogens (tertiary/aromatic N) is 1. The highest BCUT2D eigenvalue weighted by Crippen LogP contribution is 2.21. The van der Waals surface area contributed by atoms with Crippen molar-refractivity contribution < 1.29 is 14.0 Å². The molecular weight excluding hydrogens is 317 g/mol. The molecule has 1 aromatic carbocycles. The lowest BCUT2D eigenvalue weighted by Gasteiger charge is -2.13. The second-order valence-corrected chi connectivity index (χ2v) is 5.85. The van der Waals surface area contributed by atoms with Crippen LogP contribution in [0.25, 0.3) is 0 Å². The summed E-state index contributed by atoms with van der Waals surface area (Å²) < 4.78 is 12.7. The van der Waals surface area contributed by atoms with E-state index in [1.807, 2.05) is 26.0 Å². The largest absolute Gasteiger partial charge is 0.294 e. The van der Waals surface area contributed by atoms with Gasteiger partial charge in [0.1, 0.15) is 5.82 Å². The molecule has 0 fully saturated rings. The van der Waals surface area contributed by atoms with Gasteiger partial charge in [-0.3, -0.25) is 14.6 Å². The van der Waals surface area contributed by atoms with E-state index >= 15 is 0 Å². The molecule has 1 heterocycles. The Bertz CT molecular complexity index is 755. The summed E-state index contributed by atoms with van der Waals surface area (Å²) in [5.41, 5.74) is 3.39. The van der Waals surface area contributed by atoms with Crippen molar-refractivity contribution in [3.63, 3.8) is 0 Å². The van der Waals surface area contributed by atoms with Crippen molar-refractivity contribution in [3.05, 3.63) is 64.7 Å². The van der Waals surface area contributed by atoms with E-state index < -0.39 is 0 Å². The van der Waals surface area contributed by atoms with Crippen LogP contribution in [0.3, 0.4) is 0 Å². The molecule has 2 aliphatic rings. The maximum absolute atomic E-state index is 12.7. The Balaban J connectivity index is 0.000000165. The van der Waals surface area contributed by atoms with Crippen LogP contribution in [-0.2, 0) is 12.8 Å². The summed E-state index contributed by atoms with van der Waals surface area (Å²) in [4.78, 5) is 26.7. The topological polar surface area (TPSA) is 47.0 Å². The standard InChI is InChI=1S/C10H9FO.C9H9NO.C2H6/c11-8-4-5-9-7(6-8)2-1-3-10(9)12;11-9-5-1-4-8-7(9)3-2-6-10-8;1-2/h4-6H,1-3H2;2-3,6H,1,4-5H2;1-2H3. The minimum absolute atomic E-state index is 0.149. The van der Waals surface area contributed by atoms with Crippen LogP contribution in [0, 0.1) is 5.82 Å². The molecule has 1 aromatic heterocycles. The molecule has 0 amide bonds. The van der Waals surface area contributed by atoms with E-state index in [1.54, 1.807) is 12.3 Å². The number of pyridine rings is 1. The number of aromatic nitrogens is 1. The first-order valence-electron chi connectivity index (χ1n) is 8.94. The number of halogens is 1. The van der Waals surface area contributed by atoms with Crippen molar-refractivity contribution in [2.24, 2.45) is 0 Å². The highest BCUT2D eigenvalue weighted by molar-refractivity contribution is 5.98. The fourth-order valence-electron chi connectivity index (χ4n) is 3.06. The van der Waals surface area contributed by atoms with Crippen molar-refractivity contribution in [3.8, 4) is 0 Å². The molecule has 3 nitrogen and oxygen atoms in total. The van der Waals surface area contributed by atoms with Gasteiger partial charge in [-0.05, 0) is 61.6 Å². The summed E-state index contributed by atoms with van der Waals surface area (Å²) >= 11 is 0. The monoisotopic (exact) mass is 341 g/mol. The van der Waals surface area contributed by atoms with Crippen LogP contribution in [0.5, 0.6) is 0 Å². The van der Waals surface area contributed by atoms with Gasteiger partial charge in [0, 0.05) is 30.2 Å². The van der Waals surface area contributed by atoms with Crippen LogP contribution in [-0.4, -0.2) is 16.6 Å². The number of Topliss-reactive ketones (excluding diaryl/α,β-unsaturated/α-hetero) is 2. The summed E-state index contributed by atoms with van der Waals surface area (Å²) in [5, 5.41) is 0. The summed E-state index contributed by atoms with van der Waals surface area (Å²) in [6.45, 7) is 4.00. The molecular formula is C21H24FNO2. The van der Waals surface area contributed by atoms with Gasteiger partial charge in [-0.1, -0.05) is 13.8 Å². The van der Waals surface area contributed by atoms with Crippen molar-refractivity contribution in [2.45, 2.75) is 52.4 Å². The first-order valence-corrected chi connectivity index (χ1v) is 8.94. The van der Waals surface area contributed by atoms with Crippen LogP contribution in [0.2, 0.25) is 0 Å². The maximum Gasteiger partial charge on any atom is 0.164 e. The second kappa shape index (κ2) is 9.21. The van der Waals surface area contributed by atoms with E-state index in [-0.39, 0.29) is 17.4 Å². The number of hydrogen-bond donors (Lipinski definition) is 0. The molecule has 0 saturated carbocycles.